The van der Waals surface area contributed by atoms with Gasteiger partial charge in [-0.05, 0) is 35.4 Å². The molecule has 1 heterocycles. The summed E-state index contributed by atoms with van der Waals surface area (Å²) >= 11 is 12.2. The molecule has 3 aromatic rings. The molecule has 1 fully saturated rings. The van der Waals surface area contributed by atoms with Gasteiger partial charge >= 0.3 is 0 Å². The van der Waals surface area contributed by atoms with E-state index in [1.807, 2.05) is 30.3 Å². The summed E-state index contributed by atoms with van der Waals surface area (Å²) in [7, 11) is 0. The van der Waals surface area contributed by atoms with Crippen molar-refractivity contribution in [3.8, 4) is 0 Å². The number of morpholine rings is 1. The Labute approximate surface area is 186 Å². The number of amides is 1. The van der Waals surface area contributed by atoms with Crippen molar-refractivity contribution in [3.05, 3.63) is 99.5 Å². The third-order valence-electron chi connectivity index (χ3n) is 5.13. The molecule has 1 aliphatic heterocycles. The fourth-order valence-corrected chi connectivity index (χ4v) is 4.15. The van der Waals surface area contributed by atoms with Gasteiger partial charge in [0.1, 0.15) is 0 Å². The highest BCUT2D eigenvalue weighted by molar-refractivity contribution is 6.40. The van der Waals surface area contributed by atoms with E-state index in [0.717, 1.165) is 25.2 Å². The second kappa shape index (κ2) is 9.63. The van der Waals surface area contributed by atoms with Gasteiger partial charge in [-0.15, -0.1) is 0 Å². The van der Waals surface area contributed by atoms with Gasteiger partial charge in [-0.3, -0.25) is 9.69 Å². The molecule has 0 aliphatic carbocycles. The predicted molar refractivity (Wildman–Crippen MR) is 121 cm³/mol. The van der Waals surface area contributed by atoms with Crippen molar-refractivity contribution in [3.63, 3.8) is 0 Å². The number of benzene rings is 3. The lowest BCUT2D eigenvalue weighted by molar-refractivity contribution is -0.0329. The Morgan fingerprint density at radius 3 is 2.37 bits per heavy atom. The van der Waals surface area contributed by atoms with E-state index in [1.165, 1.54) is 5.56 Å². The fourth-order valence-electron chi connectivity index (χ4n) is 3.58. The van der Waals surface area contributed by atoms with Crippen LogP contribution in [0.1, 0.15) is 27.6 Å². The minimum atomic E-state index is -0.332. The summed E-state index contributed by atoms with van der Waals surface area (Å²) in [6.45, 7) is 3.35. The quantitative estimate of drug-likeness (QED) is 0.543. The average Bonchev–Trinajstić information content (AvgIpc) is 2.75. The number of nitrogens with one attached hydrogen (secondary N) is 1. The molecule has 1 aliphatic rings. The Morgan fingerprint density at radius 1 is 0.967 bits per heavy atom. The molecule has 4 nitrogen and oxygen atoms in total. The lowest BCUT2D eigenvalue weighted by Gasteiger charge is -2.33. The second-order valence-electron chi connectivity index (χ2n) is 7.25. The monoisotopic (exact) mass is 440 g/mol. The van der Waals surface area contributed by atoms with Gasteiger partial charge in [-0.25, -0.2) is 0 Å². The largest absolute Gasteiger partial charge is 0.371 e. The van der Waals surface area contributed by atoms with Crippen molar-refractivity contribution < 1.29 is 9.53 Å². The molecule has 154 valence electrons. The summed E-state index contributed by atoms with van der Waals surface area (Å²) < 4.78 is 5.99. The first kappa shape index (κ1) is 20.9. The molecule has 30 heavy (non-hydrogen) atoms. The molecule has 0 spiro atoms. The molecule has 1 atom stereocenters. The minimum absolute atomic E-state index is 0.00484. The summed E-state index contributed by atoms with van der Waals surface area (Å²) in [4.78, 5) is 14.9. The van der Waals surface area contributed by atoms with Gasteiger partial charge in [0.15, 0.2) is 0 Å². The zero-order valence-electron chi connectivity index (χ0n) is 16.4. The normalized spacial score (nSPS) is 16.9. The Morgan fingerprint density at radius 2 is 1.67 bits per heavy atom. The van der Waals surface area contributed by atoms with Gasteiger partial charge < -0.3 is 10.1 Å². The molecule has 1 saturated heterocycles. The van der Waals surface area contributed by atoms with E-state index in [2.05, 4.69) is 34.5 Å². The number of nitrogens with zero attached hydrogens (tertiary/aromatic N) is 1. The van der Waals surface area contributed by atoms with E-state index >= 15 is 0 Å². The van der Waals surface area contributed by atoms with Crippen molar-refractivity contribution in [2.45, 2.75) is 12.6 Å². The molecular weight excluding hydrogens is 419 g/mol. The predicted octanol–water partition coefficient (Wildman–Crippen LogP) is 5.82. The van der Waals surface area contributed by atoms with E-state index in [4.69, 9.17) is 27.9 Å². The lowest BCUT2D eigenvalue weighted by Crippen LogP contribution is -2.37. The Hall–Kier alpha value is -2.37. The fraction of sp³-hybridized carbons (Fsp3) is 0.208. The zero-order chi connectivity index (χ0) is 20.9. The molecule has 1 amide bonds. The summed E-state index contributed by atoms with van der Waals surface area (Å²) in [5, 5.41) is 3.50. The molecule has 1 unspecified atom stereocenters. The number of anilines is 1. The SMILES string of the molecule is O=C(Nc1ccc(C2CN(Cc3ccccc3)CCO2)cc1)c1c(Cl)cccc1Cl. The zero-order valence-corrected chi connectivity index (χ0v) is 17.9. The van der Waals surface area contributed by atoms with Crippen LogP contribution in [0.4, 0.5) is 5.69 Å². The van der Waals surface area contributed by atoms with Crippen LogP contribution >= 0.6 is 23.2 Å². The van der Waals surface area contributed by atoms with Crippen LogP contribution in [0.25, 0.3) is 0 Å². The molecule has 1 N–H and O–H groups in total. The number of carbonyl (C=O) groups is 1. The summed E-state index contributed by atoms with van der Waals surface area (Å²) in [5.41, 5.74) is 3.34. The van der Waals surface area contributed by atoms with Crippen molar-refractivity contribution in [1.82, 2.24) is 4.90 Å². The van der Waals surface area contributed by atoms with Crippen LogP contribution in [-0.4, -0.2) is 30.5 Å². The highest BCUT2D eigenvalue weighted by Gasteiger charge is 2.22. The van der Waals surface area contributed by atoms with Gasteiger partial charge in [0.25, 0.3) is 5.91 Å². The van der Waals surface area contributed by atoms with Crippen LogP contribution in [0.2, 0.25) is 10.0 Å². The molecular formula is C24H22Cl2N2O2. The molecule has 3 aromatic carbocycles. The van der Waals surface area contributed by atoms with Gasteiger partial charge in [0, 0.05) is 25.3 Å². The Balaban J connectivity index is 1.40. The summed E-state index contributed by atoms with van der Waals surface area (Å²) in [6, 6.07) is 23.2. The van der Waals surface area contributed by atoms with Crippen molar-refractivity contribution in [2.75, 3.05) is 25.0 Å². The highest BCUT2D eigenvalue weighted by Crippen LogP contribution is 2.27. The second-order valence-corrected chi connectivity index (χ2v) is 8.07. The van der Waals surface area contributed by atoms with Gasteiger partial charge in [-0.2, -0.15) is 0 Å². The number of rotatable bonds is 5. The maximum atomic E-state index is 12.5. The number of halogens is 2. The summed E-state index contributed by atoms with van der Waals surface area (Å²) in [6.07, 6.45) is 0.00484. The molecule has 0 saturated carbocycles. The van der Waals surface area contributed by atoms with Crippen molar-refractivity contribution >= 4 is 34.8 Å². The van der Waals surface area contributed by atoms with E-state index in [9.17, 15) is 4.79 Å². The molecule has 0 radical (unpaired) electrons. The van der Waals surface area contributed by atoms with Crippen LogP contribution in [-0.2, 0) is 11.3 Å². The van der Waals surface area contributed by atoms with Crippen LogP contribution < -0.4 is 5.32 Å². The van der Waals surface area contributed by atoms with Gasteiger partial charge in [0.2, 0.25) is 0 Å². The molecule has 0 bridgehead atoms. The number of carbonyl (C=O) groups excluding carboxylic acids is 1. The van der Waals surface area contributed by atoms with Crippen molar-refractivity contribution in [2.24, 2.45) is 0 Å². The highest BCUT2D eigenvalue weighted by atomic mass is 35.5. The van der Waals surface area contributed by atoms with E-state index in [0.29, 0.717) is 22.3 Å². The Kier molecular flexibility index (Phi) is 6.70. The third kappa shape index (κ3) is 5.02. The van der Waals surface area contributed by atoms with E-state index < -0.39 is 0 Å². The van der Waals surface area contributed by atoms with Crippen LogP contribution in [0.3, 0.4) is 0 Å². The van der Waals surface area contributed by atoms with E-state index in [-0.39, 0.29) is 17.6 Å². The first-order valence-corrected chi connectivity index (χ1v) is 10.6. The van der Waals surface area contributed by atoms with Crippen molar-refractivity contribution in [1.29, 1.82) is 0 Å². The van der Waals surface area contributed by atoms with Gasteiger partial charge in [-0.1, -0.05) is 71.7 Å². The third-order valence-corrected chi connectivity index (χ3v) is 5.76. The maximum Gasteiger partial charge on any atom is 0.258 e. The van der Waals surface area contributed by atoms with Crippen LogP contribution in [0, 0.1) is 0 Å². The molecule has 4 rings (SSSR count). The molecule has 6 heteroatoms. The number of hydrogen-bond donors (Lipinski definition) is 1. The van der Waals surface area contributed by atoms with Gasteiger partial charge in [0.05, 0.1) is 28.3 Å². The lowest BCUT2D eigenvalue weighted by atomic mass is 10.1. The smallest absolute Gasteiger partial charge is 0.258 e. The first-order chi connectivity index (χ1) is 14.6. The minimum Gasteiger partial charge on any atom is -0.371 e. The number of hydrogen-bond acceptors (Lipinski definition) is 3. The average molecular weight is 441 g/mol. The van der Waals surface area contributed by atoms with Crippen LogP contribution in [0.15, 0.2) is 72.8 Å². The first-order valence-electron chi connectivity index (χ1n) is 9.83. The van der Waals surface area contributed by atoms with Crippen LogP contribution in [0.5, 0.6) is 0 Å². The summed E-state index contributed by atoms with van der Waals surface area (Å²) in [5.74, 6) is -0.332. The maximum absolute atomic E-state index is 12.5. The standard InChI is InChI=1S/C24H22Cl2N2O2/c25-20-7-4-8-21(26)23(20)24(29)27-19-11-9-18(10-12-19)22-16-28(13-14-30-22)15-17-5-2-1-3-6-17/h1-12,22H,13-16H2,(H,27,29). The van der Waals surface area contributed by atoms with E-state index in [1.54, 1.807) is 18.2 Å². The topological polar surface area (TPSA) is 41.6 Å². The Bertz CT molecular complexity index is 989. The number of ether oxygens (including phenoxy) is 1. The molecule has 0 aromatic heterocycles.